The van der Waals surface area contributed by atoms with Crippen LogP contribution >= 0.6 is 0 Å². The van der Waals surface area contributed by atoms with Crippen molar-refractivity contribution in [2.75, 3.05) is 38.3 Å². The van der Waals surface area contributed by atoms with Crippen molar-refractivity contribution in [2.45, 2.75) is 0 Å². The van der Waals surface area contributed by atoms with Gasteiger partial charge < -0.3 is 14.4 Å². The number of hydrogen-bond donors (Lipinski definition) is 0. The summed E-state index contributed by atoms with van der Waals surface area (Å²) in [5.74, 6) is -0.715. The molecule has 0 saturated carbocycles. The molecule has 2 heterocycles. The summed E-state index contributed by atoms with van der Waals surface area (Å²) < 4.78 is 26.7. The fourth-order valence-corrected chi connectivity index (χ4v) is 4.03. The van der Waals surface area contributed by atoms with Crippen molar-refractivity contribution < 1.29 is 18.7 Å². The SMILES string of the molecule is COC(=O)c1cc(N2CCOCC2)cc2c1ncn2-c1cccc2c(F)cccc12. The van der Waals surface area contributed by atoms with Crippen molar-refractivity contribution in [3.63, 3.8) is 0 Å². The highest BCUT2D eigenvalue weighted by Gasteiger charge is 2.21. The fraction of sp³-hybridized carbons (Fsp3) is 0.217. The van der Waals surface area contributed by atoms with Crippen LogP contribution in [0.25, 0.3) is 27.5 Å². The molecule has 6 nitrogen and oxygen atoms in total. The Kier molecular flexibility index (Phi) is 4.59. The predicted molar refractivity (Wildman–Crippen MR) is 113 cm³/mol. The molecule has 1 aliphatic heterocycles. The first-order valence-electron chi connectivity index (χ1n) is 9.77. The summed E-state index contributed by atoms with van der Waals surface area (Å²) in [6, 6.07) is 14.3. The predicted octanol–water partition coefficient (Wildman–Crippen LogP) is 3.94. The molecule has 1 aliphatic rings. The van der Waals surface area contributed by atoms with Crippen LogP contribution < -0.4 is 4.90 Å². The van der Waals surface area contributed by atoms with Gasteiger partial charge in [-0.25, -0.2) is 14.2 Å². The summed E-state index contributed by atoms with van der Waals surface area (Å²) in [5.41, 5.74) is 3.41. The zero-order valence-corrected chi connectivity index (χ0v) is 16.5. The molecule has 4 aromatic rings. The lowest BCUT2D eigenvalue weighted by atomic mass is 10.1. The van der Waals surface area contributed by atoms with Crippen molar-refractivity contribution in [1.82, 2.24) is 9.55 Å². The van der Waals surface area contributed by atoms with E-state index in [4.69, 9.17) is 9.47 Å². The maximum absolute atomic E-state index is 14.3. The van der Waals surface area contributed by atoms with E-state index >= 15 is 0 Å². The molecular weight excluding hydrogens is 385 g/mol. The molecule has 7 heteroatoms. The molecule has 0 radical (unpaired) electrons. The number of carbonyl (C=O) groups excluding carboxylic acids is 1. The third-order valence-corrected chi connectivity index (χ3v) is 5.52. The summed E-state index contributed by atoms with van der Waals surface area (Å²) in [7, 11) is 1.36. The van der Waals surface area contributed by atoms with Gasteiger partial charge in [0.25, 0.3) is 0 Å². The zero-order valence-electron chi connectivity index (χ0n) is 16.5. The summed E-state index contributed by atoms with van der Waals surface area (Å²) in [5, 5.41) is 1.31. The Bertz CT molecular complexity index is 1260. The van der Waals surface area contributed by atoms with Crippen LogP contribution in [0.15, 0.2) is 54.9 Å². The number of anilines is 1. The lowest BCUT2D eigenvalue weighted by molar-refractivity contribution is 0.0603. The molecule has 0 aliphatic carbocycles. The normalized spacial score (nSPS) is 14.4. The van der Waals surface area contributed by atoms with Crippen LogP contribution in [0, 0.1) is 5.82 Å². The minimum absolute atomic E-state index is 0.275. The van der Waals surface area contributed by atoms with Crippen LogP contribution in [-0.2, 0) is 9.47 Å². The number of nitrogens with zero attached hydrogens (tertiary/aromatic N) is 3. The number of imidazole rings is 1. The first-order valence-corrected chi connectivity index (χ1v) is 9.77. The second kappa shape index (κ2) is 7.42. The number of methoxy groups -OCH3 is 1. The Morgan fingerprint density at radius 2 is 1.87 bits per heavy atom. The number of hydrogen-bond acceptors (Lipinski definition) is 5. The Morgan fingerprint density at radius 1 is 1.10 bits per heavy atom. The van der Waals surface area contributed by atoms with Gasteiger partial charge in [-0.3, -0.25) is 4.57 Å². The second-order valence-corrected chi connectivity index (χ2v) is 7.18. The van der Waals surface area contributed by atoms with E-state index in [9.17, 15) is 9.18 Å². The first kappa shape index (κ1) is 18.6. The summed E-state index contributed by atoms with van der Waals surface area (Å²) in [4.78, 5) is 19.2. The van der Waals surface area contributed by atoms with E-state index in [-0.39, 0.29) is 5.82 Å². The number of benzene rings is 3. The van der Waals surface area contributed by atoms with Gasteiger partial charge in [-0.2, -0.15) is 0 Å². The zero-order chi connectivity index (χ0) is 20.7. The standard InChI is InChI=1S/C23H20FN3O3/c1-29-23(28)18-12-15(26-8-10-30-11-9-26)13-21-22(18)25-14-27(21)20-7-3-4-16-17(20)5-2-6-19(16)24/h2-7,12-14H,8-11H2,1H3. The Hall–Kier alpha value is -3.45. The van der Waals surface area contributed by atoms with E-state index in [1.165, 1.54) is 13.2 Å². The van der Waals surface area contributed by atoms with Crippen molar-refractivity contribution >= 4 is 33.5 Å². The van der Waals surface area contributed by atoms with E-state index in [0.717, 1.165) is 35.4 Å². The van der Waals surface area contributed by atoms with Crippen LogP contribution in [-0.4, -0.2) is 48.9 Å². The molecule has 0 spiro atoms. The lowest BCUT2D eigenvalue weighted by Crippen LogP contribution is -2.36. The number of fused-ring (bicyclic) bond motifs is 2. The minimum Gasteiger partial charge on any atom is -0.465 e. The average molecular weight is 405 g/mol. The Morgan fingerprint density at radius 3 is 2.67 bits per heavy atom. The maximum Gasteiger partial charge on any atom is 0.340 e. The van der Waals surface area contributed by atoms with E-state index in [1.807, 2.05) is 34.9 Å². The molecule has 5 rings (SSSR count). The van der Waals surface area contributed by atoms with Crippen LogP contribution in [0.2, 0.25) is 0 Å². The summed E-state index contributed by atoms with van der Waals surface area (Å²) >= 11 is 0. The quantitative estimate of drug-likeness (QED) is 0.483. The van der Waals surface area contributed by atoms with Gasteiger partial charge in [0.15, 0.2) is 0 Å². The van der Waals surface area contributed by atoms with E-state index in [1.54, 1.807) is 18.5 Å². The second-order valence-electron chi connectivity index (χ2n) is 7.18. The fourth-order valence-electron chi connectivity index (χ4n) is 4.03. The molecule has 152 valence electrons. The van der Waals surface area contributed by atoms with Crippen molar-refractivity contribution in [3.05, 3.63) is 66.2 Å². The highest BCUT2D eigenvalue weighted by Crippen LogP contribution is 2.31. The average Bonchev–Trinajstić information content (AvgIpc) is 3.22. The van der Waals surface area contributed by atoms with Gasteiger partial charge in [-0.05, 0) is 24.3 Å². The van der Waals surface area contributed by atoms with Crippen molar-refractivity contribution in [1.29, 1.82) is 0 Å². The largest absolute Gasteiger partial charge is 0.465 e. The molecule has 0 amide bonds. The van der Waals surface area contributed by atoms with Gasteiger partial charge in [0.2, 0.25) is 0 Å². The van der Waals surface area contributed by atoms with Crippen LogP contribution in [0.3, 0.4) is 0 Å². The first-order chi connectivity index (χ1) is 14.7. The monoisotopic (exact) mass is 405 g/mol. The van der Waals surface area contributed by atoms with Gasteiger partial charge in [0.1, 0.15) is 17.7 Å². The molecule has 0 atom stereocenters. The number of rotatable bonds is 3. The van der Waals surface area contributed by atoms with Crippen LogP contribution in [0.5, 0.6) is 0 Å². The Balaban J connectivity index is 1.76. The smallest absolute Gasteiger partial charge is 0.340 e. The number of aromatic nitrogens is 2. The number of ether oxygens (including phenoxy) is 2. The third-order valence-electron chi connectivity index (χ3n) is 5.52. The molecule has 0 unspecified atom stereocenters. The van der Waals surface area contributed by atoms with Gasteiger partial charge in [-0.1, -0.05) is 24.3 Å². The number of carbonyl (C=O) groups is 1. The Labute approximate surface area is 172 Å². The highest BCUT2D eigenvalue weighted by atomic mass is 19.1. The molecule has 1 aromatic heterocycles. The summed E-state index contributed by atoms with van der Waals surface area (Å²) in [6.07, 6.45) is 1.67. The van der Waals surface area contributed by atoms with Gasteiger partial charge in [0.05, 0.1) is 37.1 Å². The molecule has 0 N–H and O–H groups in total. The van der Waals surface area contributed by atoms with E-state index < -0.39 is 5.97 Å². The minimum atomic E-state index is -0.440. The molecule has 0 bridgehead atoms. The van der Waals surface area contributed by atoms with Gasteiger partial charge in [-0.15, -0.1) is 0 Å². The van der Waals surface area contributed by atoms with Gasteiger partial charge >= 0.3 is 5.97 Å². The topological polar surface area (TPSA) is 56.6 Å². The number of halogens is 1. The van der Waals surface area contributed by atoms with Gasteiger partial charge in [0, 0.05) is 29.5 Å². The van der Waals surface area contributed by atoms with Crippen LogP contribution in [0.4, 0.5) is 10.1 Å². The van der Waals surface area contributed by atoms with Crippen molar-refractivity contribution in [3.8, 4) is 5.69 Å². The molecule has 30 heavy (non-hydrogen) atoms. The molecule has 1 saturated heterocycles. The van der Waals surface area contributed by atoms with Crippen LogP contribution in [0.1, 0.15) is 10.4 Å². The maximum atomic E-state index is 14.3. The van der Waals surface area contributed by atoms with E-state index in [0.29, 0.717) is 29.7 Å². The molecule has 1 fully saturated rings. The third kappa shape index (κ3) is 2.98. The molecule has 3 aromatic carbocycles. The van der Waals surface area contributed by atoms with Crippen molar-refractivity contribution in [2.24, 2.45) is 0 Å². The van der Waals surface area contributed by atoms with E-state index in [2.05, 4.69) is 9.88 Å². The molecular formula is C23H20FN3O3. The summed E-state index contributed by atoms with van der Waals surface area (Å²) in [6.45, 7) is 2.74. The number of morpholine rings is 1. The number of esters is 1. The lowest BCUT2D eigenvalue weighted by Gasteiger charge is -2.29. The highest BCUT2D eigenvalue weighted by molar-refractivity contribution is 6.04.